The van der Waals surface area contributed by atoms with E-state index < -0.39 is 10.0 Å². The van der Waals surface area contributed by atoms with Gasteiger partial charge in [-0.05, 0) is 42.5 Å². The van der Waals surface area contributed by atoms with E-state index in [9.17, 15) is 13.7 Å². The lowest BCUT2D eigenvalue weighted by molar-refractivity contribution is 0.480. The summed E-state index contributed by atoms with van der Waals surface area (Å²) in [6.45, 7) is 0. The molecule has 0 bridgehead atoms. The Morgan fingerprint density at radius 2 is 1.96 bits per heavy atom. The minimum atomic E-state index is -3.88. The Bertz CT molecular complexity index is 1030. The van der Waals surface area contributed by atoms with Gasteiger partial charge in [0.2, 0.25) is 5.13 Å². The van der Waals surface area contributed by atoms with Gasteiger partial charge in [0, 0.05) is 16.6 Å². The summed E-state index contributed by atoms with van der Waals surface area (Å²) in [5.74, 6) is 0.711. The molecule has 0 aliphatic rings. The van der Waals surface area contributed by atoms with Crippen LogP contribution in [0.1, 0.15) is 5.56 Å². The van der Waals surface area contributed by atoms with Crippen LogP contribution in [-0.2, 0) is 10.0 Å². The predicted molar refractivity (Wildman–Crippen MR) is 93.4 cm³/mol. The zero-order valence-electron chi connectivity index (χ0n) is 12.4. The molecule has 10 heteroatoms. The minimum Gasteiger partial charge on any atom is -0.456 e. The van der Waals surface area contributed by atoms with Gasteiger partial charge < -0.3 is 4.74 Å². The number of anilines is 1. The van der Waals surface area contributed by atoms with Gasteiger partial charge in [0.05, 0.1) is 10.5 Å². The average molecular weight is 393 g/mol. The van der Waals surface area contributed by atoms with Gasteiger partial charge in [-0.1, -0.05) is 11.6 Å². The maximum Gasteiger partial charge on any atom is 0.263 e. The molecule has 0 unspecified atom stereocenters. The second-order valence-corrected chi connectivity index (χ2v) is 7.58. The highest BCUT2D eigenvalue weighted by atomic mass is 35.5. The molecule has 1 aromatic heterocycles. The highest BCUT2D eigenvalue weighted by Crippen LogP contribution is 2.28. The second kappa shape index (κ2) is 7.06. The molecule has 1 heterocycles. The van der Waals surface area contributed by atoms with Crippen molar-refractivity contribution in [3.63, 3.8) is 0 Å². The Balaban J connectivity index is 1.89. The highest BCUT2D eigenvalue weighted by Gasteiger charge is 2.18. The van der Waals surface area contributed by atoms with E-state index in [2.05, 4.69) is 14.1 Å². The first kappa shape index (κ1) is 17.2. The van der Waals surface area contributed by atoms with Crippen LogP contribution in [0.15, 0.2) is 53.7 Å². The molecule has 7 nitrogen and oxygen atoms in total. The van der Waals surface area contributed by atoms with Gasteiger partial charge in [-0.3, -0.25) is 4.72 Å². The molecule has 1 N–H and O–H groups in total. The van der Waals surface area contributed by atoms with Crippen LogP contribution in [0.25, 0.3) is 0 Å². The number of rotatable bonds is 5. The maximum absolute atomic E-state index is 12.3. The summed E-state index contributed by atoms with van der Waals surface area (Å²) in [6, 6.07) is 12.5. The van der Waals surface area contributed by atoms with E-state index >= 15 is 0 Å². The van der Waals surface area contributed by atoms with Crippen LogP contribution in [0.5, 0.6) is 11.5 Å². The van der Waals surface area contributed by atoms with Crippen LogP contribution in [0.3, 0.4) is 0 Å². The fourth-order valence-electron chi connectivity index (χ4n) is 1.87. The fourth-order valence-corrected chi connectivity index (χ4v) is 3.69. The van der Waals surface area contributed by atoms with Gasteiger partial charge >= 0.3 is 0 Å². The number of ether oxygens (including phenoxy) is 1. The predicted octanol–water partition coefficient (Wildman–Crippen LogP) is 3.66. The summed E-state index contributed by atoms with van der Waals surface area (Å²) in [5, 5.41) is 9.99. The molecular weight excluding hydrogens is 384 g/mol. The molecule has 0 aliphatic carbocycles. The number of hydrogen-bond donors (Lipinski definition) is 1. The normalized spacial score (nSPS) is 10.9. The van der Waals surface area contributed by atoms with Crippen LogP contribution in [0, 0.1) is 11.3 Å². The molecule has 126 valence electrons. The molecule has 0 atom stereocenters. The van der Waals surface area contributed by atoms with Gasteiger partial charge in [0.1, 0.15) is 23.9 Å². The molecule has 3 aromatic rings. The summed E-state index contributed by atoms with van der Waals surface area (Å²) in [6.07, 6.45) is 1.24. The van der Waals surface area contributed by atoms with Crippen molar-refractivity contribution in [2.24, 2.45) is 0 Å². The van der Waals surface area contributed by atoms with Gasteiger partial charge in [0.25, 0.3) is 10.0 Å². The lowest BCUT2D eigenvalue weighted by Crippen LogP contribution is -2.13. The second-order valence-electron chi connectivity index (χ2n) is 4.68. The molecule has 0 amide bonds. The van der Waals surface area contributed by atoms with Gasteiger partial charge in [-0.2, -0.15) is 9.64 Å². The van der Waals surface area contributed by atoms with Crippen LogP contribution in [0.2, 0.25) is 5.02 Å². The van der Waals surface area contributed by atoms with Crippen molar-refractivity contribution in [2.45, 2.75) is 4.90 Å². The van der Waals surface area contributed by atoms with E-state index in [4.69, 9.17) is 16.3 Å². The summed E-state index contributed by atoms with van der Waals surface area (Å²) >= 11 is 6.72. The summed E-state index contributed by atoms with van der Waals surface area (Å²) in [5.41, 5.74) is 0.0788. The van der Waals surface area contributed by atoms with Crippen LogP contribution in [-0.4, -0.2) is 17.8 Å². The fraction of sp³-hybridized carbons (Fsp3) is 0. The van der Waals surface area contributed by atoms with E-state index in [0.717, 1.165) is 11.5 Å². The molecule has 2 aromatic carbocycles. The standard InChI is InChI=1S/C15H9ClN4O3S2/c16-11-1-3-12(4-2-11)23-14-6-5-13(7-10(14)8-17)25(21,22)20-15-18-9-19-24-15/h1-7,9H,(H,18,19,20). The van der Waals surface area contributed by atoms with Crippen molar-refractivity contribution in [1.82, 2.24) is 9.36 Å². The summed E-state index contributed by atoms with van der Waals surface area (Å²) < 4.78 is 36.3. The van der Waals surface area contributed by atoms with Crippen molar-refractivity contribution < 1.29 is 13.2 Å². The van der Waals surface area contributed by atoms with E-state index in [1.54, 1.807) is 24.3 Å². The van der Waals surface area contributed by atoms with Crippen LogP contribution in [0.4, 0.5) is 5.13 Å². The molecule has 0 fully saturated rings. The Labute approximate surface area is 152 Å². The first-order valence-electron chi connectivity index (χ1n) is 6.75. The average Bonchev–Trinajstić information content (AvgIpc) is 3.09. The molecule has 0 aliphatic heterocycles. The number of nitrogens with zero attached hydrogens (tertiary/aromatic N) is 3. The number of benzene rings is 2. The van der Waals surface area contributed by atoms with E-state index in [1.165, 1.54) is 24.5 Å². The first-order chi connectivity index (χ1) is 12.0. The Hall–Kier alpha value is -2.67. The van der Waals surface area contributed by atoms with E-state index in [1.807, 2.05) is 6.07 Å². The third kappa shape index (κ3) is 4.06. The number of nitriles is 1. The van der Waals surface area contributed by atoms with E-state index in [-0.39, 0.29) is 21.3 Å². The van der Waals surface area contributed by atoms with Gasteiger partial charge in [-0.25, -0.2) is 13.4 Å². The number of sulfonamides is 1. The number of aromatic nitrogens is 2. The van der Waals surface area contributed by atoms with Gasteiger partial charge in [0.15, 0.2) is 0 Å². The van der Waals surface area contributed by atoms with E-state index in [0.29, 0.717) is 10.8 Å². The zero-order valence-corrected chi connectivity index (χ0v) is 14.8. The van der Waals surface area contributed by atoms with Gasteiger partial charge in [-0.15, -0.1) is 0 Å². The van der Waals surface area contributed by atoms with Crippen molar-refractivity contribution in [1.29, 1.82) is 5.26 Å². The number of halogens is 1. The van der Waals surface area contributed by atoms with Crippen molar-refractivity contribution in [3.05, 3.63) is 59.4 Å². The summed E-state index contributed by atoms with van der Waals surface area (Å²) in [7, 11) is -3.88. The SMILES string of the molecule is N#Cc1cc(S(=O)(=O)Nc2ncns2)ccc1Oc1ccc(Cl)cc1. The Morgan fingerprint density at radius 1 is 1.20 bits per heavy atom. The smallest absolute Gasteiger partial charge is 0.263 e. The molecular formula is C15H9ClN4O3S2. The van der Waals surface area contributed by atoms with Crippen LogP contribution < -0.4 is 9.46 Å². The number of hydrogen-bond acceptors (Lipinski definition) is 7. The molecule has 0 radical (unpaired) electrons. The number of nitrogens with one attached hydrogen (secondary N) is 1. The monoisotopic (exact) mass is 392 g/mol. The Morgan fingerprint density at radius 3 is 2.60 bits per heavy atom. The van der Waals surface area contributed by atoms with Crippen LogP contribution >= 0.6 is 23.1 Å². The zero-order chi connectivity index (χ0) is 17.9. The molecule has 0 saturated heterocycles. The third-order valence-corrected chi connectivity index (χ3v) is 5.30. The largest absolute Gasteiger partial charge is 0.456 e. The summed E-state index contributed by atoms with van der Waals surface area (Å²) in [4.78, 5) is 3.69. The lowest BCUT2D eigenvalue weighted by Gasteiger charge is -2.10. The quantitative estimate of drug-likeness (QED) is 0.710. The minimum absolute atomic E-state index is 0.0788. The first-order valence-corrected chi connectivity index (χ1v) is 9.38. The molecule has 0 saturated carbocycles. The topological polar surface area (TPSA) is 105 Å². The van der Waals surface area contributed by atoms with Crippen molar-refractivity contribution in [2.75, 3.05) is 4.72 Å². The maximum atomic E-state index is 12.3. The molecule has 25 heavy (non-hydrogen) atoms. The van der Waals surface area contributed by atoms with Crippen molar-refractivity contribution >= 4 is 38.3 Å². The molecule has 3 rings (SSSR count). The highest BCUT2D eigenvalue weighted by molar-refractivity contribution is 7.93. The van der Waals surface area contributed by atoms with Crippen molar-refractivity contribution in [3.8, 4) is 17.6 Å². The molecule has 0 spiro atoms. The Kier molecular flexibility index (Phi) is 4.85. The lowest BCUT2D eigenvalue weighted by atomic mass is 10.2. The third-order valence-electron chi connectivity index (χ3n) is 3.01.